The molecule has 1 rings (SSSR count). The van der Waals surface area contributed by atoms with Crippen LogP contribution in [0.4, 0.5) is 0 Å². The fraction of sp³-hybridized carbons (Fsp3) is 0.250. The zero-order chi connectivity index (χ0) is 10.4. The molecular weight excluding hydrogens is 190 g/mol. The van der Waals surface area contributed by atoms with Crippen molar-refractivity contribution >= 4 is 18.0 Å². The Hall–Kier alpha value is -1.02. The minimum atomic E-state index is 1.20. The van der Waals surface area contributed by atoms with Crippen LogP contribution in [0.1, 0.15) is 19.4 Å². The summed E-state index contributed by atoms with van der Waals surface area (Å²) < 4.78 is 0. The molecule has 0 unspecified atom stereocenters. The van der Waals surface area contributed by atoms with E-state index in [1.807, 2.05) is 13.1 Å². The van der Waals surface area contributed by atoms with Gasteiger partial charge in [0.2, 0.25) is 0 Å². The van der Waals surface area contributed by atoms with E-state index in [1.165, 1.54) is 15.4 Å². The maximum absolute atomic E-state index is 4.08. The third kappa shape index (κ3) is 3.79. The Kier molecular flexibility index (Phi) is 4.47. The molecule has 14 heavy (non-hydrogen) atoms. The summed E-state index contributed by atoms with van der Waals surface area (Å²) >= 11 is 1.75. The van der Waals surface area contributed by atoms with Crippen molar-refractivity contribution in [3.05, 3.63) is 40.9 Å². The van der Waals surface area contributed by atoms with Crippen LogP contribution in [0.3, 0.4) is 0 Å². The Morgan fingerprint density at radius 1 is 1.43 bits per heavy atom. The third-order valence-electron chi connectivity index (χ3n) is 1.67. The number of rotatable bonds is 3. The van der Waals surface area contributed by atoms with Crippen molar-refractivity contribution in [3.63, 3.8) is 0 Å². The molecule has 0 fully saturated rings. The van der Waals surface area contributed by atoms with Crippen molar-refractivity contribution in [1.29, 1.82) is 0 Å². The van der Waals surface area contributed by atoms with E-state index in [2.05, 4.69) is 43.1 Å². The van der Waals surface area contributed by atoms with Crippen molar-refractivity contribution in [2.24, 2.45) is 4.99 Å². The molecule has 74 valence electrons. The van der Waals surface area contributed by atoms with E-state index in [-0.39, 0.29) is 0 Å². The van der Waals surface area contributed by atoms with E-state index in [1.54, 1.807) is 18.0 Å². The van der Waals surface area contributed by atoms with Crippen LogP contribution in [-0.2, 0) is 0 Å². The van der Waals surface area contributed by atoms with Gasteiger partial charge in [-0.2, -0.15) is 0 Å². The first-order chi connectivity index (χ1) is 6.72. The Bertz CT molecular complexity index is 353. The van der Waals surface area contributed by atoms with Crippen LogP contribution in [-0.4, -0.2) is 6.21 Å². The molecule has 0 aliphatic rings. The summed E-state index contributed by atoms with van der Waals surface area (Å²) in [6.45, 7) is 6.09. The minimum Gasteiger partial charge on any atom is -0.269 e. The van der Waals surface area contributed by atoms with Gasteiger partial charge in [0, 0.05) is 22.2 Å². The number of thioether (sulfide) groups is 1. The lowest BCUT2D eigenvalue weighted by Crippen LogP contribution is -1.74. The second-order valence-electron chi connectivity index (χ2n) is 3.07. The molecule has 0 saturated carbocycles. The van der Waals surface area contributed by atoms with Crippen LogP contribution >= 0.6 is 11.8 Å². The van der Waals surface area contributed by atoms with E-state index in [0.717, 1.165) is 0 Å². The molecule has 0 N–H and O–H groups in total. The molecule has 0 saturated heterocycles. The summed E-state index contributed by atoms with van der Waals surface area (Å²) in [5.74, 6) is 0. The molecule has 0 aliphatic heterocycles. The third-order valence-corrected chi connectivity index (χ3v) is 2.59. The molecule has 0 spiro atoms. The molecule has 1 aromatic rings. The Morgan fingerprint density at radius 2 is 2.21 bits per heavy atom. The molecule has 0 bridgehead atoms. The van der Waals surface area contributed by atoms with Gasteiger partial charge in [0.25, 0.3) is 0 Å². The summed E-state index contributed by atoms with van der Waals surface area (Å²) in [6, 6.07) is 8.48. The van der Waals surface area contributed by atoms with E-state index in [0.29, 0.717) is 0 Å². The van der Waals surface area contributed by atoms with E-state index in [9.17, 15) is 0 Å². The van der Waals surface area contributed by atoms with E-state index >= 15 is 0 Å². The normalized spacial score (nSPS) is 12.4. The first kappa shape index (κ1) is 11.1. The van der Waals surface area contributed by atoms with Crippen molar-refractivity contribution in [3.8, 4) is 0 Å². The monoisotopic (exact) mass is 205 g/mol. The van der Waals surface area contributed by atoms with Gasteiger partial charge < -0.3 is 0 Å². The number of hydrogen-bond acceptors (Lipinski definition) is 2. The smallest absolute Gasteiger partial charge is 0.0359 e. The zero-order valence-electron chi connectivity index (χ0n) is 8.82. The number of allylic oxidation sites excluding steroid dienone is 1. The largest absolute Gasteiger partial charge is 0.269 e. The predicted octanol–water partition coefficient (Wildman–Crippen LogP) is 4.04. The highest BCUT2D eigenvalue weighted by atomic mass is 32.2. The second-order valence-corrected chi connectivity index (χ2v) is 4.39. The van der Waals surface area contributed by atoms with Gasteiger partial charge in [-0.1, -0.05) is 29.5 Å². The first-order valence-corrected chi connectivity index (χ1v) is 5.43. The predicted molar refractivity (Wildman–Crippen MR) is 65.0 cm³/mol. The SMILES string of the molecule is C/C=N\C=C(/C)Sc1cccc(C)c1. The highest BCUT2D eigenvalue weighted by Gasteiger charge is 1.94. The van der Waals surface area contributed by atoms with Crippen molar-refractivity contribution in [1.82, 2.24) is 0 Å². The summed E-state index contributed by atoms with van der Waals surface area (Å²) in [5.41, 5.74) is 1.29. The fourth-order valence-corrected chi connectivity index (χ4v) is 1.95. The number of aliphatic imine (C=N–C) groups is 1. The first-order valence-electron chi connectivity index (χ1n) is 4.61. The Balaban J connectivity index is 2.69. The number of benzene rings is 1. The Morgan fingerprint density at radius 3 is 2.86 bits per heavy atom. The lowest BCUT2D eigenvalue weighted by molar-refractivity contribution is 1.36. The topological polar surface area (TPSA) is 12.4 Å². The minimum absolute atomic E-state index is 1.20. The van der Waals surface area contributed by atoms with E-state index < -0.39 is 0 Å². The zero-order valence-corrected chi connectivity index (χ0v) is 9.64. The van der Waals surface area contributed by atoms with Crippen LogP contribution in [0.2, 0.25) is 0 Å². The molecule has 0 radical (unpaired) electrons. The van der Waals surface area contributed by atoms with Gasteiger partial charge in [0.1, 0.15) is 0 Å². The number of aryl methyl sites for hydroxylation is 1. The molecule has 0 atom stereocenters. The van der Waals surface area contributed by atoms with Crippen LogP contribution in [0.5, 0.6) is 0 Å². The van der Waals surface area contributed by atoms with Gasteiger partial charge in [0.15, 0.2) is 0 Å². The molecule has 0 aromatic heterocycles. The lowest BCUT2D eigenvalue weighted by atomic mass is 10.2. The maximum Gasteiger partial charge on any atom is 0.0359 e. The van der Waals surface area contributed by atoms with Gasteiger partial charge in [-0.15, -0.1) is 0 Å². The van der Waals surface area contributed by atoms with Crippen LogP contribution < -0.4 is 0 Å². The molecule has 2 heteroatoms. The van der Waals surface area contributed by atoms with Crippen LogP contribution in [0.25, 0.3) is 0 Å². The highest BCUT2D eigenvalue weighted by molar-refractivity contribution is 8.03. The van der Waals surface area contributed by atoms with E-state index in [4.69, 9.17) is 0 Å². The molecule has 0 aliphatic carbocycles. The van der Waals surface area contributed by atoms with Gasteiger partial charge >= 0.3 is 0 Å². The quantitative estimate of drug-likeness (QED) is 0.536. The summed E-state index contributed by atoms with van der Waals surface area (Å²) in [6.07, 6.45) is 3.67. The average molecular weight is 205 g/mol. The number of hydrogen-bond donors (Lipinski definition) is 0. The van der Waals surface area contributed by atoms with Crippen molar-refractivity contribution < 1.29 is 0 Å². The summed E-state index contributed by atoms with van der Waals surface area (Å²) in [5, 5.41) is 0. The summed E-state index contributed by atoms with van der Waals surface area (Å²) in [4.78, 5) is 6.55. The Labute approximate surface area is 89.9 Å². The van der Waals surface area contributed by atoms with Gasteiger partial charge in [0.05, 0.1) is 0 Å². The van der Waals surface area contributed by atoms with Crippen LogP contribution in [0.15, 0.2) is 45.3 Å². The standard InChI is InChI=1S/C12H15NS/c1-4-13-9-11(3)14-12-7-5-6-10(2)8-12/h4-9H,1-3H3/b11-9+,13-4-. The van der Waals surface area contributed by atoms with Crippen molar-refractivity contribution in [2.75, 3.05) is 0 Å². The van der Waals surface area contributed by atoms with Gasteiger partial charge in [-0.3, -0.25) is 4.99 Å². The molecule has 0 amide bonds. The average Bonchev–Trinajstić information content (AvgIpc) is 2.15. The molecule has 1 aromatic carbocycles. The van der Waals surface area contributed by atoms with Gasteiger partial charge in [-0.05, 0) is 32.9 Å². The molecule has 1 nitrogen and oxygen atoms in total. The maximum atomic E-state index is 4.08. The van der Waals surface area contributed by atoms with Crippen LogP contribution in [0, 0.1) is 6.92 Å². The van der Waals surface area contributed by atoms with Gasteiger partial charge in [-0.25, -0.2) is 0 Å². The highest BCUT2D eigenvalue weighted by Crippen LogP contribution is 2.26. The lowest BCUT2D eigenvalue weighted by Gasteiger charge is -2.01. The summed E-state index contributed by atoms with van der Waals surface area (Å²) in [7, 11) is 0. The second kappa shape index (κ2) is 5.66. The number of nitrogens with zero attached hydrogens (tertiary/aromatic N) is 1. The van der Waals surface area contributed by atoms with Crippen molar-refractivity contribution in [2.45, 2.75) is 25.7 Å². The fourth-order valence-electron chi connectivity index (χ4n) is 1.07. The molecule has 0 heterocycles. The molecular formula is C12H15NS.